The number of carbonyl (C=O) groups is 1. The third-order valence-electron chi connectivity index (χ3n) is 3.08. The Kier molecular flexibility index (Phi) is 5.73. The maximum Gasteiger partial charge on any atom is 0.261 e. The Balaban J connectivity index is 0.00000144. The largest absolute Gasteiger partial charge is 0.348 e. The fourth-order valence-corrected chi connectivity index (χ4v) is 3.13. The zero-order valence-electron chi connectivity index (χ0n) is 9.32. The summed E-state index contributed by atoms with van der Waals surface area (Å²) in [5, 5.41) is 3.04. The number of amides is 1. The molecule has 2 rings (SSSR count). The summed E-state index contributed by atoms with van der Waals surface area (Å²) in [7, 11) is 0. The predicted molar refractivity (Wildman–Crippen MR) is 74.2 cm³/mol. The van der Waals surface area contributed by atoms with Gasteiger partial charge in [-0.05, 0) is 37.4 Å². The van der Waals surface area contributed by atoms with E-state index in [1.807, 2.05) is 0 Å². The smallest absolute Gasteiger partial charge is 0.261 e. The van der Waals surface area contributed by atoms with Crippen molar-refractivity contribution in [2.45, 2.75) is 25.3 Å². The Hall–Kier alpha value is -0.290. The van der Waals surface area contributed by atoms with Crippen LogP contribution >= 0.6 is 35.3 Å². The van der Waals surface area contributed by atoms with Crippen LogP contribution in [0.2, 0.25) is 4.34 Å². The molecule has 1 aliphatic carbocycles. The molecule has 1 aliphatic rings. The predicted octanol–water partition coefficient (Wildman–Crippen LogP) is 2.68. The van der Waals surface area contributed by atoms with Crippen LogP contribution in [0.1, 0.15) is 28.9 Å². The van der Waals surface area contributed by atoms with Gasteiger partial charge in [0.1, 0.15) is 0 Å². The van der Waals surface area contributed by atoms with E-state index in [0.717, 1.165) is 19.3 Å². The lowest BCUT2D eigenvalue weighted by atomic mass is 10.0. The third-order valence-corrected chi connectivity index (χ3v) is 4.31. The third kappa shape index (κ3) is 3.58. The van der Waals surface area contributed by atoms with Gasteiger partial charge in [-0.3, -0.25) is 4.79 Å². The molecule has 0 saturated heterocycles. The van der Waals surface area contributed by atoms with E-state index in [9.17, 15) is 4.79 Å². The van der Waals surface area contributed by atoms with Crippen LogP contribution in [0.4, 0.5) is 0 Å². The van der Waals surface area contributed by atoms with Crippen molar-refractivity contribution in [2.75, 3.05) is 6.54 Å². The van der Waals surface area contributed by atoms with Gasteiger partial charge in [0.25, 0.3) is 5.91 Å². The van der Waals surface area contributed by atoms with Crippen LogP contribution in [0, 0.1) is 5.92 Å². The molecule has 3 N–H and O–H groups in total. The number of nitrogens with one attached hydrogen (secondary N) is 1. The summed E-state index contributed by atoms with van der Waals surface area (Å²) in [4.78, 5) is 12.5. The van der Waals surface area contributed by atoms with Crippen LogP contribution in [0.15, 0.2) is 12.1 Å². The van der Waals surface area contributed by atoms with E-state index >= 15 is 0 Å². The summed E-state index contributed by atoms with van der Waals surface area (Å²) in [6, 6.07) is 3.74. The maximum atomic E-state index is 11.9. The number of carbonyl (C=O) groups excluding carboxylic acids is 1. The molecule has 0 spiro atoms. The Morgan fingerprint density at radius 3 is 2.88 bits per heavy atom. The number of halogens is 2. The SMILES string of the molecule is Cl.NCC1CCCC1NC(=O)c1ccc(Cl)s1. The molecule has 0 bridgehead atoms. The summed E-state index contributed by atoms with van der Waals surface area (Å²) in [6.07, 6.45) is 3.30. The summed E-state index contributed by atoms with van der Waals surface area (Å²) in [5.74, 6) is 0.404. The summed E-state index contributed by atoms with van der Waals surface area (Å²) in [6.45, 7) is 0.649. The van der Waals surface area contributed by atoms with Gasteiger partial charge < -0.3 is 11.1 Å². The molecule has 0 aliphatic heterocycles. The molecule has 1 aromatic heterocycles. The molecule has 1 aromatic rings. The van der Waals surface area contributed by atoms with E-state index in [0.29, 0.717) is 21.7 Å². The molecule has 3 nitrogen and oxygen atoms in total. The van der Waals surface area contributed by atoms with Crippen LogP contribution in [0.3, 0.4) is 0 Å². The highest BCUT2D eigenvalue weighted by Gasteiger charge is 2.27. The Bertz CT molecular complexity index is 383. The molecular weight excluding hydrogens is 279 g/mol. The van der Waals surface area contributed by atoms with Crippen LogP contribution < -0.4 is 11.1 Å². The van der Waals surface area contributed by atoms with Gasteiger partial charge >= 0.3 is 0 Å². The molecule has 17 heavy (non-hydrogen) atoms. The molecule has 1 heterocycles. The average molecular weight is 295 g/mol. The first-order chi connectivity index (χ1) is 7.70. The molecule has 1 fully saturated rings. The molecule has 1 saturated carbocycles. The van der Waals surface area contributed by atoms with E-state index in [1.165, 1.54) is 11.3 Å². The standard InChI is InChI=1S/C11H15ClN2OS.ClH/c12-10-5-4-9(16-10)11(15)14-8-3-1-2-7(8)6-13;/h4-5,7-8H,1-3,6,13H2,(H,14,15);1H. The van der Waals surface area contributed by atoms with Crippen LogP contribution in [0.5, 0.6) is 0 Å². The lowest BCUT2D eigenvalue weighted by Crippen LogP contribution is -2.39. The Morgan fingerprint density at radius 1 is 1.53 bits per heavy atom. The molecule has 1 amide bonds. The highest BCUT2D eigenvalue weighted by molar-refractivity contribution is 7.17. The first-order valence-electron chi connectivity index (χ1n) is 5.47. The van der Waals surface area contributed by atoms with Gasteiger partial charge in [-0.15, -0.1) is 23.7 Å². The van der Waals surface area contributed by atoms with Crippen molar-refractivity contribution in [3.8, 4) is 0 Å². The topological polar surface area (TPSA) is 55.1 Å². The summed E-state index contributed by atoms with van der Waals surface area (Å²) in [5.41, 5.74) is 5.67. The van der Waals surface area contributed by atoms with Crippen molar-refractivity contribution in [3.63, 3.8) is 0 Å². The fourth-order valence-electron chi connectivity index (χ4n) is 2.18. The molecule has 0 aromatic carbocycles. The fraction of sp³-hybridized carbons (Fsp3) is 0.545. The maximum absolute atomic E-state index is 11.9. The van der Waals surface area contributed by atoms with Crippen LogP contribution in [0.25, 0.3) is 0 Å². The second-order valence-electron chi connectivity index (χ2n) is 4.11. The van der Waals surface area contributed by atoms with Crippen molar-refractivity contribution in [1.82, 2.24) is 5.32 Å². The Morgan fingerprint density at radius 2 is 2.29 bits per heavy atom. The normalized spacial score (nSPS) is 23.2. The Labute approximate surface area is 116 Å². The highest BCUT2D eigenvalue weighted by atomic mass is 35.5. The average Bonchev–Trinajstić information content (AvgIpc) is 2.86. The minimum atomic E-state index is -0.0257. The highest BCUT2D eigenvalue weighted by Crippen LogP contribution is 2.26. The number of rotatable bonds is 3. The number of thiophene rings is 1. The van der Waals surface area contributed by atoms with E-state index in [4.69, 9.17) is 17.3 Å². The van der Waals surface area contributed by atoms with Crippen molar-refractivity contribution >= 4 is 41.3 Å². The number of nitrogens with two attached hydrogens (primary N) is 1. The van der Waals surface area contributed by atoms with E-state index in [-0.39, 0.29) is 24.4 Å². The molecule has 2 unspecified atom stereocenters. The molecular formula is C11H16Cl2N2OS. The monoisotopic (exact) mass is 294 g/mol. The van der Waals surface area contributed by atoms with Gasteiger partial charge in [0.15, 0.2) is 0 Å². The lowest BCUT2D eigenvalue weighted by molar-refractivity contribution is 0.0933. The van der Waals surface area contributed by atoms with Crippen LogP contribution in [-0.4, -0.2) is 18.5 Å². The van der Waals surface area contributed by atoms with Gasteiger partial charge in [-0.2, -0.15) is 0 Å². The minimum absolute atomic E-state index is 0. The van der Waals surface area contributed by atoms with Crippen molar-refractivity contribution in [2.24, 2.45) is 11.7 Å². The first-order valence-corrected chi connectivity index (χ1v) is 6.66. The number of hydrogen-bond donors (Lipinski definition) is 2. The molecule has 96 valence electrons. The first kappa shape index (κ1) is 14.8. The van der Waals surface area contributed by atoms with Gasteiger partial charge in [0, 0.05) is 6.04 Å². The van der Waals surface area contributed by atoms with Gasteiger partial charge in [-0.1, -0.05) is 18.0 Å². The number of hydrogen-bond acceptors (Lipinski definition) is 3. The summed E-state index contributed by atoms with van der Waals surface area (Å²) >= 11 is 7.11. The molecule has 6 heteroatoms. The molecule has 2 atom stereocenters. The second-order valence-corrected chi connectivity index (χ2v) is 5.83. The van der Waals surface area contributed by atoms with Crippen molar-refractivity contribution in [3.05, 3.63) is 21.3 Å². The van der Waals surface area contributed by atoms with Gasteiger partial charge in [0.05, 0.1) is 9.21 Å². The van der Waals surface area contributed by atoms with E-state index in [2.05, 4.69) is 5.32 Å². The van der Waals surface area contributed by atoms with E-state index < -0.39 is 0 Å². The van der Waals surface area contributed by atoms with Crippen molar-refractivity contribution < 1.29 is 4.79 Å². The van der Waals surface area contributed by atoms with Gasteiger partial charge in [0.2, 0.25) is 0 Å². The summed E-state index contributed by atoms with van der Waals surface area (Å²) < 4.78 is 0.645. The zero-order valence-corrected chi connectivity index (χ0v) is 11.7. The second kappa shape index (κ2) is 6.59. The van der Waals surface area contributed by atoms with Gasteiger partial charge in [-0.25, -0.2) is 0 Å². The zero-order chi connectivity index (χ0) is 11.5. The quantitative estimate of drug-likeness (QED) is 0.900. The van der Waals surface area contributed by atoms with Crippen LogP contribution in [-0.2, 0) is 0 Å². The van der Waals surface area contributed by atoms with Crippen molar-refractivity contribution in [1.29, 1.82) is 0 Å². The lowest BCUT2D eigenvalue weighted by Gasteiger charge is -2.18. The minimum Gasteiger partial charge on any atom is -0.348 e. The molecule has 0 radical (unpaired) electrons. The van der Waals surface area contributed by atoms with E-state index in [1.54, 1.807) is 12.1 Å².